The molecule has 1 aliphatic carbocycles. The highest BCUT2D eigenvalue weighted by Gasteiger charge is 2.50. The fourth-order valence-electron chi connectivity index (χ4n) is 6.11. The van der Waals surface area contributed by atoms with E-state index in [1.165, 1.54) is 0 Å². The standard InChI is InChI=1S/C30H37N3O5/c1-29(2,15-20-16-31-27-19(11-12-25(35)36)7-5-8-22(20)27)32-17-21(34)18-38-24-10-6-9-23-26(24)30(28(37)33-23)13-3-4-14-30/h5-10,16,21,31-32,34H,3-4,11-15,17-18H2,1-2H3,(H,33,37)(H,35,36). The Labute approximate surface area is 222 Å². The number of nitrogens with one attached hydrogen (secondary N) is 3. The molecule has 0 saturated heterocycles. The summed E-state index contributed by atoms with van der Waals surface area (Å²) in [6, 6.07) is 11.7. The molecule has 3 aromatic rings. The molecule has 8 nitrogen and oxygen atoms in total. The number of aliphatic hydroxyl groups is 1. The lowest BCUT2D eigenvalue weighted by Gasteiger charge is -2.28. The summed E-state index contributed by atoms with van der Waals surface area (Å²) in [5, 5.41) is 27.4. The van der Waals surface area contributed by atoms with Crippen molar-refractivity contribution >= 4 is 28.5 Å². The summed E-state index contributed by atoms with van der Waals surface area (Å²) < 4.78 is 6.10. The highest BCUT2D eigenvalue weighted by atomic mass is 16.5. The van der Waals surface area contributed by atoms with Crippen molar-refractivity contribution in [2.24, 2.45) is 0 Å². The van der Waals surface area contributed by atoms with Gasteiger partial charge in [0.15, 0.2) is 0 Å². The number of para-hydroxylation sites is 1. The van der Waals surface area contributed by atoms with Crippen LogP contribution in [0.3, 0.4) is 0 Å². The van der Waals surface area contributed by atoms with Gasteiger partial charge in [0.1, 0.15) is 18.5 Å². The molecule has 1 fully saturated rings. The van der Waals surface area contributed by atoms with Crippen LogP contribution in [0.1, 0.15) is 62.6 Å². The van der Waals surface area contributed by atoms with E-state index in [-0.39, 0.29) is 24.5 Å². The summed E-state index contributed by atoms with van der Waals surface area (Å²) >= 11 is 0. The Kier molecular flexibility index (Phi) is 7.20. The van der Waals surface area contributed by atoms with E-state index in [9.17, 15) is 14.7 Å². The van der Waals surface area contributed by atoms with Crippen molar-refractivity contribution in [2.45, 2.75) is 75.9 Å². The van der Waals surface area contributed by atoms with Gasteiger partial charge in [0.25, 0.3) is 0 Å². The predicted molar refractivity (Wildman–Crippen MR) is 147 cm³/mol. The molecule has 5 N–H and O–H groups in total. The summed E-state index contributed by atoms with van der Waals surface area (Å²) in [6.07, 6.45) is 6.30. The van der Waals surface area contributed by atoms with Crippen molar-refractivity contribution in [1.29, 1.82) is 0 Å². The molecule has 0 bridgehead atoms. The number of amides is 1. The summed E-state index contributed by atoms with van der Waals surface area (Å²) in [5.41, 5.74) is 4.10. The first kappa shape index (κ1) is 26.3. The molecule has 38 heavy (non-hydrogen) atoms. The molecule has 1 aliphatic heterocycles. The molecule has 1 atom stereocenters. The number of aromatic amines is 1. The quantitative estimate of drug-likeness (QED) is 0.257. The van der Waals surface area contributed by atoms with Gasteiger partial charge >= 0.3 is 5.97 Å². The minimum atomic E-state index is -0.804. The van der Waals surface area contributed by atoms with Crippen molar-refractivity contribution < 1.29 is 24.5 Å². The Morgan fingerprint density at radius 2 is 1.92 bits per heavy atom. The summed E-state index contributed by atoms with van der Waals surface area (Å²) in [6.45, 7) is 4.68. The number of carbonyl (C=O) groups is 2. The van der Waals surface area contributed by atoms with Crippen LogP contribution >= 0.6 is 0 Å². The Hall–Kier alpha value is -3.36. The van der Waals surface area contributed by atoms with Crippen molar-refractivity contribution in [2.75, 3.05) is 18.5 Å². The maximum absolute atomic E-state index is 12.8. The van der Waals surface area contributed by atoms with Gasteiger partial charge in [0.05, 0.1) is 5.41 Å². The Balaban J connectivity index is 1.19. The van der Waals surface area contributed by atoms with Crippen molar-refractivity contribution in [3.05, 3.63) is 59.3 Å². The highest BCUT2D eigenvalue weighted by Crippen LogP contribution is 2.52. The normalized spacial score (nSPS) is 17.1. The number of H-pyrrole nitrogens is 1. The van der Waals surface area contributed by atoms with Gasteiger partial charge in [-0.1, -0.05) is 37.1 Å². The second-order valence-electron chi connectivity index (χ2n) is 11.4. The number of β-amino-alcohol motifs (C(OH)–C–C–N with tert-alkyl or cyclic N) is 1. The van der Waals surface area contributed by atoms with Gasteiger partial charge in [-0.2, -0.15) is 0 Å². The zero-order valence-corrected chi connectivity index (χ0v) is 22.1. The van der Waals surface area contributed by atoms with Gasteiger partial charge in [-0.05, 0) is 62.8 Å². The van der Waals surface area contributed by atoms with E-state index in [0.717, 1.165) is 65.4 Å². The van der Waals surface area contributed by atoms with E-state index in [1.807, 2.05) is 36.5 Å². The second kappa shape index (κ2) is 10.4. The highest BCUT2D eigenvalue weighted by molar-refractivity contribution is 6.07. The first-order chi connectivity index (χ1) is 18.2. The van der Waals surface area contributed by atoms with Gasteiger partial charge in [-0.3, -0.25) is 9.59 Å². The largest absolute Gasteiger partial charge is 0.490 e. The Morgan fingerprint density at radius 1 is 1.16 bits per heavy atom. The minimum absolute atomic E-state index is 0.0660. The number of aliphatic hydroxyl groups excluding tert-OH is 1. The van der Waals surface area contributed by atoms with Gasteiger partial charge in [-0.15, -0.1) is 0 Å². The number of aromatic nitrogens is 1. The number of hydrogen-bond donors (Lipinski definition) is 5. The molecule has 1 saturated carbocycles. The third-order valence-corrected chi connectivity index (χ3v) is 8.02. The van der Waals surface area contributed by atoms with Crippen LogP contribution in [0.4, 0.5) is 5.69 Å². The van der Waals surface area contributed by atoms with Crippen LogP contribution in [0.5, 0.6) is 5.75 Å². The molecule has 1 aromatic heterocycles. The van der Waals surface area contributed by atoms with Crippen molar-refractivity contribution in [3.63, 3.8) is 0 Å². The number of hydrogen-bond acceptors (Lipinski definition) is 5. The van der Waals surface area contributed by atoms with Gasteiger partial charge in [0.2, 0.25) is 5.91 Å². The molecule has 5 rings (SSSR count). The average molecular weight is 520 g/mol. The van der Waals surface area contributed by atoms with Crippen molar-refractivity contribution in [1.82, 2.24) is 10.3 Å². The van der Waals surface area contributed by atoms with E-state index >= 15 is 0 Å². The molecule has 1 unspecified atom stereocenters. The van der Waals surface area contributed by atoms with E-state index in [4.69, 9.17) is 9.84 Å². The lowest BCUT2D eigenvalue weighted by atomic mass is 9.79. The van der Waals surface area contributed by atoms with Crippen LogP contribution in [0.25, 0.3) is 10.9 Å². The number of carboxylic acid groups (broad SMARTS) is 1. The van der Waals surface area contributed by atoms with Crippen LogP contribution in [-0.2, 0) is 27.8 Å². The minimum Gasteiger partial charge on any atom is -0.490 e. The number of carbonyl (C=O) groups excluding carboxylic acids is 1. The summed E-state index contributed by atoms with van der Waals surface area (Å²) in [7, 11) is 0. The van der Waals surface area contributed by atoms with Gasteiger partial charge in [-0.25, -0.2) is 0 Å². The molecule has 202 valence electrons. The number of benzene rings is 2. The number of ether oxygens (including phenoxy) is 1. The van der Waals surface area contributed by atoms with E-state index in [0.29, 0.717) is 18.7 Å². The third kappa shape index (κ3) is 5.15. The average Bonchev–Trinajstić information content (AvgIpc) is 3.60. The molecule has 1 amide bonds. The Morgan fingerprint density at radius 3 is 2.68 bits per heavy atom. The zero-order valence-electron chi connectivity index (χ0n) is 22.1. The van der Waals surface area contributed by atoms with Crippen LogP contribution in [0, 0.1) is 0 Å². The maximum atomic E-state index is 12.8. The van der Waals surface area contributed by atoms with Gasteiger partial charge < -0.3 is 30.6 Å². The lowest BCUT2D eigenvalue weighted by molar-refractivity contribution is -0.137. The van der Waals surface area contributed by atoms with Crippen LogP contribution < -0.4 is 15.4 Å². The topological polar surface area (TPSA) is 124 Å². The van der Waals surface area contributed by atoms with E-state index < -0.39 is 17.5 Å². The van der Waals surface area contributed by atoms with Crippen LogP contribution in [0.15, 0.2) is 42.6 Å². The molecule has 2 aliphatic rings. The number of aryl methyl sites for hydroxylation is 1. The Bertz CT molecular complexity index is 1340. The second-order valence-corrected chi connectivity index (χ2v) is 11.4. The number of carboxylic acids is 1. The summed E-state index contributed by atoms with van der Waals surface area (Å²) in [4.78, 5) is 27.1. The first-order valence-corrected chi connectivity index (χ1v) is 13.5. The molecule has 2 aromatic carbocycles. The van der Waals surface area contributed by atoms with Crippen molar-refractivity contribution in [3.8, 4) is 5.75 Å². The fourth-order valence-corrected chi connectivity index (χ4v) is 6.11. The predicted octanol–water partition coefficient (Wildman–Crippen LogP) is 4.30. The fraction of sp³-hybridized carbons (Fsp3) is 0.467. The van der Waals surface area contributed by atoms with Crippen LogP contribution in [-0.4, -0.2) is 51.9 Å². The van der Waals surface area contributed by atoms with E-state index in [2.05, 4.69) is 35.5 Å². The lowest BCUT2D eigenvalue weighted by Crippen LogP contribution is -2.46. The van der Waals surface area contributed by atoms with Gasteiger partial charge in [0, 0.05) is 46.9 Å². The van der Waals surface area contributed by atoms with E-state index in [1.54, 1.807) is 0 Å². The molecular formula is C30H37N3O5. The molecule has 0 radical (unpaired) electrons. The first-order valence-electron chi connectivity index (χ1n) is 13.5. The third-order valence-electron chi connectivity index (χ3n) is 8.02. The number of anilines is 1. The molecule has 2 heterocycles. The molecular weight excluding hydrogens is 482 g/mol. The maximum Gasteiger partial charge on any atom is 0.303 e. The monoisotopic (exact) mass is 519 g/mol. The summed E-state index contributed by atoms with van der Waals surface area (Å²) in [5.74, 6) is -0.0589. The smallest absolute Gasteiger partial charge is 0.303 e. The molecule has 8 heteroatoms. The van der Waals surface area contributed by atoms with Crippen LogP contribution in [0.2, 0.25) is 0 Å². The molecule has 1 spiro atoms. The number of rotatable bonds is 11. The zero-order chi connectivity index (χ0) is 26.9. The SMILES string of the molecule is CC(C)(Cc1c[nH]c2c(CCC(=O)O)cccc12)NCC(O)COc1cccc2c1C1(CCCC1)C(=O)N2. The number of aliphatic carboxylic acids is 1. The number of fused-ring (bicyclic) bond motifs is 3.